The molecule has 0 amide bonds. The van der Waals surface area contributed by atoms with Crippen molar-refractivity contribution < 1.29 is 13.9 Å². The van der Waals surface area contributed by atoms with Gasteiger partial charge in [0.05, 0.1) is 12.9 Å². The lowest BCUT2D eigenvalue weighted by atomic mass is 10.4. The number of ether oxygens (including phenoxy) is 1. The molecule has 2 aromatic heterocycles. The van der Waals surface area contributed by atoms with Crippen LogP contribution in [0.4, 0.5) is 0 Å². The lowest BCUT2D eigenvalue weighted by molar-refractivity contribution is 0.0526. The quantitative estimate of drug-likeness (QED) is 0.750. The highest BCUT2D eigenvalue weighted by atomic mass is 32.1. The van der Waals surface area contributed by atoms with Gasteiger partial charge in [0.1, 0.15) is 5.69 Å². The standard InChI is InChI=1S/C10H9NO3S/c1-2-13-10(12)9-11-7(6-15-9)8-4-3-5-14-8/h3-6H,2H2,1H3. The average molecular weight is 223 g/mol. The minimum absolute atomic E-state index is 0.350. The molecule has 4 nitrogen and oxygen atoms in total. The molecule has 0 saturated carbocycles. The van der Waals surface area contributed by atoms with E-state index in [0.717, 1.165) is 0 Å². The van der Waals surface area contributed by atoms with Gasteiger partial charge >= 0.3 is 5.97 Å². The Bertz CT molecular complexity index is 447. The summed E-state index contributed by atoms with van der Waals surface area (Å²) in [6.07, 6.45) is 1.57. The Morgan fingerprint density at radius 1 is 1.67 bits per heavy atom. The van der Waals surface area contributed by atoms with Gasteiger partial charge in [0.2, 0.25) is 5.01 Å². The molecule has 0 aliphatic rings. The van der Waals surface area contributed by atoms with Crippen molar-refractivity contribution >= 4 is 17.3 Å². The van der Waals surface area contributed by atoms with Crippen molar-refractivity contribution in [3.05, 3.63) is 28.8 Å². The van der Waals surface area contributed by atoms with Crippen molar-refractivity contribution in [2.45, 2.75) is 6.92 Å². The van der Waals surface area contributed by atoms with Gasteiger partial charge in [-0.1, -0.05) is 0 Å². The van der Waals surface area contributed by atoms with E-state index in [0.29, 0.717) is 23.1 Å². The molecule has 2 heterocycles. The zero-order valence-corrected chi connectivity index (χ0v) is 8.91. The minimum Gasteiger partial charge on any atom is -0.463 e. The van der Waals surface area contributed by atoms with E-state index >= 15 is 0 Å². The number of aromatic nitrogens is 1. The average Bonchev–Trinajstić information content (AvgIpc) is 2.89. The first-order chi connectivity index (χ1) is 7.31. The second-order valence-corrected chi connectivity index (χ2v) is 3.59. The van der Waals surface area contributed by atoms with Crippen LogP contribution in [0.2, 0.25) is 0 Å². The zero-order chi connectivity index (χ0) is 10.7. The summed E-state index contributed by atoms with van der Waals surface area (Å²) in [6, 6.07) is 3.57. The normalized spacial score (nSPS) is 10.2. The summed E-state index contributed by atoms with van der Waals surface area (Å²) in [6.45, 7) is 2.12. The van der Waals surface area contributed by atoms with Gasteiger partial charge in [0.25, 0.3) is 0 Å². The lowest BCUT2D eigenvalue weighted by Gasteiger charge is -1.95. The van der Waals surface area contributed by atoms with Gasteiger partial charge in [-0.25, -0.2) is 9.78 Å². The molecule has 5 heteroatoms. The van der Waals surface area contributed by atoms with Crippen molar-refractivity contribution in [2.75, 3.05) is 6.61 Å². The van der Waals surface area contributed by atoms with Crippen LogP contribution >= 0.6 is 11.3 Å². The number of carbonyl (C=O) groups is 1. The van der Waals surface area contributed by atoms with Crippen LogP contribution in [0, 0.1) is 0 Å². The van der Waals surface area contributed by atoms with E-state index in [9.17, 15) is 4.79 Å². The SMILES string of the molecule is CCOC(=O)c1nc(-c2ccco2)cs1. The second kappa shape index (κ2) is 4.27. The summed E-state index contributed by atoms with van der Waals surface area (Å²) in [5, 5.41) is 2.12. The first-order valence-electron chi connectivity index (χ1n) is 4.47. The maximum Gasteiger partial charge on any atom is 0.367 e. The van der Waals surface area contributed by atoms with E-state index in [1.807, 2.05) is 0 Å². The number of hydrogen-bond acceptors (Lipinski definition) is 5. The van der Waals surface area contributed by atoms with Crippen LogP contribution in [0.3, 0.4) is 0 Å². The van der Waals surface area contributed by atoms with Crippen molar-refractivity contribution in [3.63, 3.8) is 0 Å². The van der Waals surface area contributed by atoms with Crippen LogP contribution < -0.4 is 0 Å². The molecule has 0 bridgehead atoms. The Balaban J connectivity index is 2.21. The summed E-state index contributed by atoms with van der Waals surface area (Å²) in [4.78, 5) is 15.4. The highest BCUT2D eigenvalue weighted by molar-refractivity contribution is 7.11. The number of thiazole rings is 1. The molecule has 2 rings (SSSR count). The number of esters is 1. The third kappa shape index (κ3) is 2.07. The first kappa shape index (κ1) is 9.92. The molecule has 0 atom stereocenters. The summed E-state index contributed by atoms with van der Waals surface area (Å²) in [5.74, 6) is 0.266. The number of hydrogen-bond donors (Lipinski definition) is 0. The Labute approximate surface area is 90.5 Å². The molecule has 0 aliphatic carbocycles. The van der Waals surface area contributed by atoms with E-state index in [4.69, 9.17) is 9.15 Å². The van der Waals surface area contributed by atoms with Crippen LogP contribution in [0.15, 0.2) is 28.2 Å². The van der Waals surface area contributed by atoms with Crippen molar-refractivity contribution in [3.8, 4) is 11.5 Å². The van der Waals surface area contributed by atoms with E-state index < -0.39 is 0 Å². The molecule has 78 valence electrons. The lowest BCUT2D eigenvalue weighted by Crippen LogP contribution is -2.03. The second-order valence-electron chi connectivity index (χ2n) is 2.74. The molecule has 0 saturated heterocycles. The smallest absolute Gasteiger partial charge is 0.367 e. The summed E-state index contributed by atoms with van der Waals surface area (Å²) < 4.78 is 10.0. The molecule has 0 spiro atoms. The van der Waals surface area contributed by atoms with E-state index in [2.05, 4.69) is 4.98 Å². The largest absolute Gasteiger partial charge is 0.463 e. The van der Waals surface area contributed by atoms with Gasteiger partial charge in [-0.2, -0.15) is 0 Å². The monoisotopic (exact) mass is 223 g/mol. The predicted molar refractivity (Wildman–Crippen MR) is 55.8 cm³/mol. The maximum absolute atomic E-state index is 11.3. The molecule has 0 aliphatic heterocycles. The zero-order valence-electron chi connectivity index (χ0n) is 8.10. The van der Waals surface area contributed by atoms with Gasteiger partial charge in [-0.3, -0.25) is 0 Å². The fourth-order valence-corrected chi connectivity index (χ4v) is 1.80. The van der Waals surface area contributed by atoms with Gasteiger partial charge in [-0.15, -0.1) is 11.3 Å². The van der Waals surface area contributed by atoms with Crippen molar-refractivity contribution in [1.29, 1.82) is 0 Å². The van der Waals surface area contributed by atoms with E-state index in [-0.39, 0.29) is 5.97 Å². The van der Waals surface area contributed by atoms with Crippen molar-refractivity contribution in [2.24, 2.45) is 0 Å². The molecule has 0 fully saturated rings. The Hall–Kier alpha value is -1.62. The number of furan rings is 1. The molecule has 0 unspecified atom stereocenters. The van der Waals surface area contributed by atoms with Gasteiger partial charge in [-0.05, 0) is 19.1 Å². The highest BCUT2D eigenvalue weighted by Crippen LogP contribution is 2.22. The van der Waals surface area contributed by atoms with Gasteiger partial charge in [0, 0.05) is 5.38 Å². The van der Waals surface area contributed by atoms with Gasteiger partial charge < -0.3 is 9.15 Å². The van der Waals surface area contributed by atoms with E-state index in [1.54, 1.807) is 30.7 Å². The first-order valence-corrected chi connectivity index (χ1v) is 5.35. The molecule has 15 heavy (non-hydrogen) atoms. The number of carbonyl (C=O) groups excluding carboxylic acids is 1. The van der Waals surface area contributed by atoms with Gasteiger partial charge in [0.15, 0.2) is 5.76 Å². The number of nitrogens with zero attached hydrogens (tertiary/aromatic N) is 1. The van der Waals surface area contributed by atoms with Crippen LogP contribution in [0.25, 0.3) is 11.5 Å². The molecule has 0 radical (unpaired) electrons. The summed E-state index contributed by atoms with van der Waals surface area (Å²) in [5.41, 5.74) is 0.660. The minimum atomic E-state index is -0.389. The predicted octanol–water partition coefficient (Wildman–Crippen LogP) is 2.58. The Morgan fingerprint density at radius 2 is 2.53 bits per heavy atom. The topological polar surface area (TPSA) is 52.3 Å². The Morgan fingerprint density at radius 3 is 3.20 bits per heavy atom. The fraction of sp³-hybridized carbons (Fsp3) is 0.200. The maximum atomic E-state index is 11.3. The van der Waals surface area contributed by atoms with E-state index in [1.165, 1.54) is 11.3 Å². The highest BCUT2D eigenvalue weighted by Gasteiger charge is 2.13. The van der Waals surface area contributed by atoms with Crippen LogP contribution in [0.5, 0.6) is 0 Å². The number of rotatable bonds is 3. The fourth-order valence-electron chi connectivity index (χ4n) is 1.10. The third-order valence-electron chi connectivity index (χ3n) is 1.73. The third-order valence-corrected chi connectivity index (χ3v) is 2.55. The van der Waals surface area contributed by atoms with Crippen LogP contribution in [-0.4, -0.2) is 17.6 Å². The summed E-state index contributed by atoms with van der Waals surface area (Å²) in [7, 11) is 0. The molecular formula is C10H9NO3S. The molecular weight excluding hydrogens is 214 g/mol. The molecule has 2 aromatic rings. The summed E-state index contributed by atoms with van der Waals surface area (Å²) >= 11 is 1.25. The van der Waals surface area contributed by atoms with Crippen molar-refractivity contribution in [1.82, 2.24) is 4.98 Å². The molecule has 0 aromatic carbocycles. The molecule has 0 N–H and O–H groups in total. The van der Waals surface area contributed by atoms with Crippen LogP contribution in [0.1, 0.15) is 16.7 Å². The van der Waals surface area contributed by atoms with Crippen LogP contribution in [-0.2, 0) is 4.74 Å². The Kier molecular flexibility index (Phi) is 2.82.